The van der Waals surface area contributed by atoms with Gasteiger partial charge in [0, 0.05) is 29.7 Å². The summed E-state index contributed by atoms with van der Waals surface area (Å²) in [5.74, 6) is -0.321. The van der Waals surface area contributed by atoms with Gasteiger partial charge in [-0.1, -0.05) is 18.2 Å². The predicted molar refractivity (Wildman–Crippen MR) is 103 cm³/mol. The van der Waals surface area contributed by atoms with Gasteiger partial charge >= 0.3 is 11.1 Å². The minimum absolute atomic E-state index is 0.0144. The number of nitro benzene ring substituents is 1. The van der Waals surface area contributed by atoms with Crippen molar-refractivity contribution in [3.8, 4) is 5.75 Å². The van der Waals surface area contributed by atoms with Crippen LogP contribution in [0.15, 0.2) is 39.9 Å². The second kappa shape index (κ2) is 6.89. The number of carbonyl (C=O) groups excluding carboxylic acids is 1. The lowest BCUT2D eigenvalue weighted by Gasteiger charge is -2.12. The molecule has 1 aromatic heterocycles. The quantitative estimate of drug-likeness (QED) is 0.288. The number of aromatic amines is 2. The van der Waals surface area contributed by atoms with Crippen LogP contribution in [0.25, 0.3) is 11.0 Å². The van der Waals surface area contributed by atoms with Crippen LogP contribution >= 0.6 is 0 Å². The van der Waals surface area contributed by atoms with Crippen LogP contribution in [-0.2, 0) is 24.1 Å². The number of benzene rings is 2. The number of hydrogen-bond donors (Lipinski definition) is 4. The fourth-order valence-electron chi connectivity index (χ4n) is 3.75. The van der Waals surface area contributed by atoms with E-state index in [0.717, 1.165) is 0 Å². The monoisotopic (exact) mass is 396 g/mol. The van der Waals surface area contributed by atoms with Crippen LogP contribution in [0, 0.1) is 10.1 Å². The summed E-state index contributed by atoms with van der Waals surface area (Å²) in [6, 6.07) is 7.29. The number of nitrogens with zero attached hydrogens (tertiary/aromatic N) is 1. The molecule has 3 aromatic rings. The molecule has 0 saturated heterocycles. The zero-order valence-electron chi connectivity index (χ0n) is 15.0. The van der Waals surface area contributed by atoms with Crippen LogP contribution in [0.1, 0.15) is 16.7 Å². The Morgan fingerprint density at radius 1 is 1.17 bits per heavy atom. The molecule has 4 rings (SSSR count). The molecule has 4 N–H and O–H groups in total. The number of carbonyl (C=O) groups is 1. The standard InChI is InChI=1S/C19H16N4O6/c24-15-4-2-1-3-9(15)5-16(25)20-10-6-11-12(7-10)17-13(8-14(11)23(28)29)21-18(26)19(27)22-17/h1-4,8,10,24H,5-7H2,(H,20,25)(H,21,26)(H,22,27). The topological polar surface area (TPSA) is 158 Å². The van der Waals surface area contributed by atoms with Crippen molar-refractivity contribution >= 4 is 22.6 Å². The minimum Gasteiger partial charge on any atom is -0.508 e. The van der Waals surface area contributed by atoms with Crippen LogP contribution in [0.3, 0.4) is 0 Å². The Labute approximate surface area is 162 Å². The highest BCUT2D eigenvalue weighted by Gasteiger charge is 2.32. The number of fused-ring (bicyclic) bond motifs is 3. The van der Waals surface area contributed by atoms with E-state index in [1.54, 1.807) is 18.2 Å². The molecule has 1 aliphatic rings. The first-order chi connectivity index (χ1) is 13.8. The first-order valence-corrected chi connectivity index (χ1v) is 8.85. The second-order valence-corrected chi connectivity index (χ2v) is 6.92. The van der Waals surface area contributed by atoms with E-state index in [2.05, 4.69) is 15.3 Å². The third kappa shape index (κ3) is 3.35. The smallest absolute Gasteiger partial charge is 0.314 e. The molecule has 0 aliphatic heterocycles. The van der Waals surface area contributed by atoms with Gasteiger partial charge in [0.05, 0.1) is 22.4 Å². The number of nitro groups is 1. The van der Waals surface area contributed by atoms with Gasteiger partial charge in [0.2, 0.25) is 5.91 Å². The van der Waals surface area contributed by atoms with Crippen molar-refractivity contribution < 1.29 is 14.8 Å². The fourth-order valence-corrected chi connectivity index (χ4v) is 3.75. The van der Waals surface area contributed by atoms with Crippen molar-refractivity contribution in [1.82, 2.24) is 15.3 Å². The van der Waals surface area contributed by atoms with Gasteiger partial charge in [-0.15, -0.1) is 0 Å². The molecule has 1 aliphatic carbocycles. The molecule has 148 valence electrons. The number of nitrogens with one attached hydrogen (secondary N) is 3. The fraction of sp³-hybridized carbons (Fsp3) is 0.211. The van der Waals surface area contributed by atoms with E-state index in [0.29, 0.717) is 22.2 Å². The number of hydrogen-bond acceptors (Lipinski definition) is 6. The van der Waals surface area contributed by atoms with E-state index >= 15 is 0 Å². The number of amides is 1. The molecule has 0 spiro atoms. The average molecular weight is 396 g/mol. The van der Waals surface area contributed by atoms with E-state index in [9.17, 15) is 29.6 Å². The predicted octanol–water partition coefficient (Wildman–Crippen LogP) is 0.656. The normalized spacial score (nSPS) is 15.2. The van der Waals surface area contributed by atoms with Crippen molar-refractivity contribution in [3.05, 3.63) is 77.8 Å². The van der Waals surface area contributed by atoms with Gasteiger partial charge in [-0.3, -0.25) is 24.5 Å². The van der Waals surface area contributed by atoms with Gasteiger partial charge in [0.25, 0.3) is 5.69 Å². The summed E-state index contributed by atoms with van der Waals surface area (Å²) in [6.45, 7) is 0. The largest absolute Gasteiger partial charge is 0.508 e. The molecule has 0 fully saturated rings. The van der Waals surface area contributed by atoms with Gasteiger partial charge in [-0.2, -0.15) is 0 Å². The SMILES string of the molecule is O=C(Cc1ccccc1O)NC1Cc2c([N+](=O)[O-])cc3[nH]c(=O)c(=O)[nH]c3c2C1. The summed E-state index contributed by atoms with van der Waals surface area (Å²) in [7, 11) is 0. The first kappa shape index (κ1) is 18.4. The van der Waals surface area contributed by atoms with E-state index in [1.165, 1.54) is 12.1 Å². The summed E-state index contributed by atoms with van der Waals surface area (Å²) < 4.78 is 0. The lowest BCUT2D eigenvalue weighted by molar-refractivity contribution is -0.385. The molecule has 1 heterocycles. The molecule has 29 heavy (non-hydrogen) atoms. The lowest BCUT2D eigenvalue weighted by Crippen LogP contribution is -2.36. The Bertz CT molecular complexity index is 1280. The maximum absolute atomic E-state index is 12.4. The molecule has 0 radical (unpaired) electrons. The van der Waals surface area contributed by atoms with E-state index < -0.39 is 22.1 Å². The maximum atomic E-state index is 12.4. The van der Waals surface area contributed by atoms with Crippen LogP contribution < -0.4 is 16.4 Å². The number of phenols is 1. The Hall–Kier alpha value is -3.95. The Kier molecular flexibility index (Phi) is 4.38. The highest BCUT2D eigenvalue weighted by Crippen LogP contribution is 2.35. The first-order valence-electron chi connectivity index (χ1n) is 8.85. The van der Waals surface area contributed by atoms with Gasteiger partial charge in [-0.25, -0.2) is 0 Å². The molecule has 0 bridgehead atoms. The summed E-state index contributed by atoms with van der Waals surface area (Å²) in [4.78, 5) is 51.5. The van der Waals surface area contributed by atoms with Gasteiger partial charge < -0.3 is 20.4 Å². The van der Waals surface area contributed by atoms with E-state index in [-0.39, 0.29) is 42.1 Å². The summed E-state index contributed by atoms with van der Waals surface area (Å²) in [5.41, 5.74) is -0.00768. The lowest BCUT2D eigenvalue weighted by atomic mass is 10.1. The molecular weight excluding hydrogens is 380 g/mol. The van der Waals surface area contributed by atoms with Gasteiger partial charge in [-0.05, 0) is 18.1 Å². The third-order valence-corrected chi connectivity index (χ3v) is 5.02. The zero-order chi connectivity index (χ0) is 20.7. The van der Waals surface area contributed by atoms with E-state index in [1.807, 2.05) is 0 Å². The Balaban J connectivity index is 1.64. The molecule has 10 heteroatoms. The molecule has 1 amide bonds. The summed E-state index contributed by atoms with van der Waals surface area (Å²) in [5, 5.41) is 24.1. The number of phenolic OH excluding ortho intramolecular Hbond substituents is 1. The molecule has 0 saturated carbocycles. The third-order valence-electron chi connectivity index (χ3n) is 5.02. The Morgan fingerprint density at radius 3 is 2.59 bits per heavy atom. The highest BCUT2D eigenvalue weighted by atomic mass is 16.6. The minimum atomic E-state index is -0.891. The number of rotatable bonds is 4. The van der Waals surface area contributed by atoms with Crippen LogP contribution in [0.4, 0.5) is 5.69 Å². The van der Waals surface area contributed by atoms with Gasteiger partial charge in [0.15, 0.2) is 0 Å². The number of para-hydroxylation sites is 1. The molecule has 1 unspecified atom stereocenters. The highest BCUT2D eigenvalue weighted by molar-refractivity contribution is 5.85. The van der Waals surface area contributed by atoms with Crippen molar-refractivity contribution in [2.24, 2.45) is 0 Å². The molecule has 1 atom stereocenters. The zero-order valence-corrected chi connectivity index (χ0v) is 15.0. The van der Waals surface area contributed by atoms with Crippen LogP contribution in [-0.4, -0.2) is 31.9 Å². The molecule has 2 aromatic carbocycles. The van der Waals surface area contributed by atoms with Gasteiger partial charge in [0.1, 0.15) is 5.75 Å². The van der Waals surface area contributed by atoms with Crippen molar-refractivity contribution in [3.63, 3.8) is 0 Å². The van der Waals surface area contributed by atoms with Crippen molar-refractivity contribution in [1.29, 1.82) is 0 Å². The summed E-state index contributed by atoms with van der Waals surface area (Å²) in [6.07, 6.45) is 0.448. The van der Waals surface area contributed by atoms with E-state index in [4.69, 9.17) is 0 Å². The number of aromatic nitrogens is 2. The van der Waals surface area contributed by atoms with Crippen LogP contribution in [0.5, 0.6) is 5.75 Å². The summed E-state index contributed by atoms with van der Waals surface area (Å²) >= 11 is 0. The Morgan fingerprint density at radius 2 is 1.86 bits per heavy atom. The second-order valence-electron chi connectivity index (χ2n) is 6.92. The average Bonchev–Trinajstić information content (AvgIpc) is 3.07. The maximum Gasteiger partial charge on any atom is 0.314 e. The molecule has 10 nitrogen and oxygen atoms in total. The number of H-pyrrole nitrogens is 2. The molecular formula is C19H16N4O6. The van der Waals surface area contributed by atoms with Crippen molar-refractivity contribution in [2.75, 3.05) is 0 Å². The van der Waals surface area contributed by atoms with Crippen LogP contribution in [0.2, 0.25) is 0 Å². The van der Waals surface area contributed by atoms with Crippen molar-refractivity contribution in [2.45, 2.75) is 25.3 Å². The number of aromatic hydroxyl groups is 1.